The Hall–Kier alpha value is 0.0769. The second kappa shape index (κ2) is 30.0. The molecule has 23 heavy (non-hydrogen) atoms. The van der Waals surface area contributed by atoms with E-state index in [0.29, 0.717) is 0 Å². The van der Waals surface area contributed by atoms with Crippen molar-refractivity contribution < 1.29 is 51.0 Å². The van der Waals surface area contributed by atoms with E-state index in [1.807, 2.05) is 30.3 Å². The van der Waals surface area contributed by atoms with Crippen LogP contribution in [0.25, 0.3) is 10.8 Å². The number of fused-ring (bicyclic) bond motifs is 1. The molecule has 0 fully saturated rings. The van der Waals surface area contributed by atoms with Gasteiger partial charge in [-0.05, 0) is 0 Å². The molecule has 0 aliphatic carbocycles. The van der Waals surface area contributed by atoms with E-state index in [-0.39, 0.29) is 103 Å². The molecule has 3 rings (SSSR count). The normalized spacial score (nSPS) is 5.74. The van der Waals surface area contributed by atoms with Crippen molar-refractivity contribution >= 4 is 32.7 Å². The Labute approximate surface area is 185 Å². The summed E-state index contributed by atoms with van der Waals surface area (Å²) in [6.07, 6.45) is 0. The summed E-state index contributed by atoms with van der Waals surface area (Å²) in [6, 6.07) is 24.7. The second-order valence-corrected chi connectivity index (χ2v) is 3.12. The summed E-state index contributed by atoms with van der Waals surface area (Å²) >= 11 is 0. The molecule has 0 saturated heterocycles. The van der Waals surface area contributed by atoms with Gasteiger partial charge < -0.3 is 54.5 Å². The third-order valence-corrected chi connectivity index (χ3v) is 2.10. The van der Waals surface area contributed by atoms with Crippen molar-refractivity contribution in [3.63, 3.8) is 0 Å². The van der Waals surface area contributed by atoms with Crippen LogP contribution in [0.15, 0.2) is 72.8 Å². The molecule has 0 amide bonds. The maximum atomic E-state index is 2.12. The fourth-order valence-electron chi connectivity index (χ4n) is 1.39. The monoisotopic (exact) mass is 456 g/mol. The van der Waals surface area contributed by atoms with Crippen LogP contribution in [-0.2, 0) is 26.2 Å². The summed E-state index contributed by atoms with van der Waals surface area (Å²) < 4.78 is 0. The predicted octanol–water partition coefficient (Wildman–Crippen LogP) is -0.991. The van der Waals surface area contributed by atoms with Gasteiger partial charge in [0.25, 0.3) is 0 Å². The van der Waals surface area contributed by atoms with Crippen LogP contribution in [0.2, 0.25) is 0 Å². The molecule has 0 spiro atoms. The van der Waals surface area contributed by atoms with E-state index >= 15 is 0 Å². The Kier molecular flexibility index (Phi) is 64.6. The number of hydrogen-bond acceptors (Lipinski definition) is 0. The van der Waals surface area contributed by atoms with E-state index in [0.717, 1.165) is 0 Å². The van der Waals surface area contributed by atoms with E-state index in [1.54, 1.807) is 0 Å². The molecule has 0 aliphatic heterocycles. The van der Waals surface area contributed by atoms with E-state index in [2.05, 4.69) is 42.5 Å². The molecular formula is C18H24Cl2Si2Zr-8. The Morgan fingerprint density at radius 1 is 0.609 bits per heavy atom. The Morgan fingerprint density at radius 2 is 1.09 bits per heavy atom. The van der Waals surface area contributed by atoms with Crippen LogP contribution in [0.3, 0.4) is 0 Å². The summed E-state index contributed by atoms with van der Waals surface area (Å²) in [5.41, 5.74) is 0. The van der Waals surface area contributed by atoms with Gasteiger partial charge in [-0.25, -0.2) is 12.1 Å². The third-order valence-electron chi connectivity index (χ3n) is 2.10. The molecule has 0 atom stereocenters. The first-order valence-corrected chi connectivity index (χ1v) is 4.74. The van der Waals surface area contributed by atoms with Gasteiger partial charge in [0, 0.05) is 48.1 Å². The van der Waals surface area contributed by atoms with Gasteiger partial charge >= 0.3 is 0 Å². The minimum Gasteiger partial charge on any atom is -1.00 e. The summed E-state index contributed by atoms with van der Waals surface area (Å²) in [4.78, 5) is 0. The van der Waals surface area contributed by atoms with E-state index in [4.69, 9.17) is 0 Å². The zero-order valence-electron chi connectivity index (χ0n) is 14.2. The Balaban J connectivity index is -0.0000000248. The zero-order valence-corrected chi connectivity index (χ0v) is 20.2. The van der Waals surface area contributed by atoms with Crippen molar-refractivity contribution in [1.82, 2.24) is 0 Å². The van der Waals surface area contributed by atoms with Crippen LogP contribution in [-0.4, -0.2) is 21.9 Å². The molecule has 0 unspecified atom stereocenters. The zero-order chi connectivity index (χ0) is 9.64. The first-order valence-electron chi connectivity index (χ1n) is 4.74. The first kappa shape index (κ1) is 49.5. The molecule has 8 radical (unpaired) electrons. The molecule has 0 N–H and O–H groups in total. The fraction of sp³-hybridized carbons (Fsp3) is 0. The third kappa shape index (κ3) is 18.3. The summed E-state index contributed by atoms with van der Waals surface area (Å²) in [6.45, 7) is 0. The van der Waals surface area contributed by atoms with Gasteiger partial charge in [0.15, 0.2) is 0 Å². The van der Waals surface area contributed by atoms with Crippen molar-refractivity contribution in [2.45, 2.75) is 0 Å². The van der Waals surface area contributed by atoms with Crippen LogP contribution in [0.5, 0.6) is 0 Å². The molecular weight excluding hydrogens is 435 g/mol. The van der Waals surface area contributed by atoms with Crippen LogP contribution in [0, 0.1) is 29.7 Å². The quantitative estimate of drug-likeness (QED) is 0.300. The van der Waals surface area contributed by atoms with Gasteiger partial charge in [-0.15, -0.1) is 29.7 Å². The van der Waals surface area contributed by atoms with E-state index < -0.39 is 0 Å². The van der Waals surface area contributed by atoms with Gasteiger partial charge in [0.05, 0.1) is 0 Å². The van der Waals surface area contributed by atoms with Crippen LogP contribution in [0.1, 0.15) is 0 Å². The SMILES string of the molecule is [CH3-].[CH3-].[CH3-].[CH3-].[Cl-].[Cl-].[Si].[Si].[Zr].c1cc[cH-]c1.c1ccc2[cH-]ccc2c1. The minimum absolute atomic E-state index is 0. The van der Waals surface area contributed by atoms with Gasteiger partial charge in [-0.3, -0.25) is 0 Å². The molecule has 0 saturated carbocycles. The fourth-order valence-corrected chi connectivity index (χ4v) is 1.39. The molecule has 0 nitrogen and oxygen atoms in total. The standard InChI is InChI=1S/C9H7.C5H5.4CH3.2ClH.2Si.Zr/c1-2-5-9-7-3-6-8(9)4-1;1-2-4-5-3-1;;;;;;;;;/h1-7H;1-5H;4*1H3;2*1H;;;/q6*-1;;;;;/p-2. The summed E-state index contributed by atoms with van der Waals surface area (Å²) in [5.74, 6) is 0. The first-order chi connectivity index (χ1) is 6.97. The molecule has 3 aromatic rings. The summed E-state index contributed by atoms with van der Waals surface area (Å²) in [5, 5.41) is 2.66. The topological polar surface area (TPSA) is 0 Å². The van der Waals surface area contributed by atoms with Crippen molar-refractivity contribution in [3.05, 3.63) is 103 Å². The number of halogens is 2. The van der Waals surface area contributed by atoms with E-state index in [1.165, 1.54) is 10.8 Å². The molecule has 5 heteroatoms. The van der Waals surface area contributed by atoms with Crippen LogP contribution >= 0.6 is 0 Å². The molecule has 0 aliphatic rings. The number of rotatable bonds is 0. The maximum Gasteiger partial charge on any atom is 0 e. The Morgan fingerprint density at radius 3 is 1.48 bits per heavy atom. The number of benzene rings is 1. The van der Waals surface area contributed by atoms with Crippen molar-refractivity contribution in [1.29, 1.82) is 0 Å². The summed E-state index contributed by atoms with van der Waals surface area (Å²) in [7, 11) is 0. The Bertz CT molecular complexity index is 435. The van der Waals surface area contributed by atoms with Gasteiger partial charge in [0.2, 0.25) is 0 Å². The van der Waals surface area contributed by atoms with Crippen molar-refractivity contribution in [3.8, 4) is 0 Å². The predicted molar refractivity (Wildman–Crippen MR) is 98.7 cm³/mol. The largest absolute Gasteiger partial charge is 1.00 e. The average molecular weight is 459 g/mol. The van der Waals surface area contributed by atoms with Gasteiger partial charge in [-0.2, -0.15) is 35.7 Å². The van der Waals surface area contributed by atoms with Gasteiger partial charge in [-0.1, -0.05) is 6.07 Å². The van der Waals surface area contributed by atoms with Crippen LogP contribution < -0.4 is 24.8 Å². The average Bonchev–Trinajstić information content (AvgIpc) is 2.92. The molecule has 3 aromatic carbocycles. The van der Waals surface area contributed by atoms with Crippen molar-refractivity contribution in [2.75, 3.05) is 0 Å². The maximum absolute atomic E-state index is 2.12. The number of hydrogen-bond donors (Lipinski definition) is 0. The minimum atomic E-state index is 0. The van der Waals surface area contributed by atoms with Crippen LogP contribution in [0.4, 0.5) is 0 Å². The molecule has 0 heterocycles. The molecule has 130 valence electrons. The van der Waals surface area contributed by atoms with E-state index in [9.17, 15) is 0 Å². The second-order valence-electron chi connectivity index (χ2n) is 3.12. The molecule has 0 aromatic heterocycles. The van der Waals surface area contributed by atoms with Crippen molar-refractivity contribution in [2.24, 2.45) is 0 Å². The van der Waals surface area contributed by atoms with Gasteiger partial charge in [0.1, 0.15) is 0 Å². The smallest absolute Gasteiger partial charge is 0 e. The molecule has 0 bridgehead atoms.